The molecule has 8 heteroatoms. The van der Waals surface area contributed by atoms with E-state index in [0.717, 1.165) is 5.75 Å². The van der Waals surface area contributed by atoms with Gasteiger partial charge in [0, 0.05) is 4.47 Å². The number of carbonyl (C=O) groups is 2. The van der Waals surface area contributed by atoms with Crippen LogP contribution in [0.3, 0.4) is 0 Å². The third kappa shape index (κ3) is 7.11. The van der Waals surface area contributed by atoms with Crippen molar-refractivity contribution < 1.29 is 23.8 Å². The van der Waals surface area contributed by atoms with Crippen LogP contribution in [0.5, 0.6) is 11.5 Å². The van der Waals surface area contributed by atoms with Crippen LogP contribution in [0.15, 0.2) is 46.9 Å². The van der Waals surface area contributed by atoms with Gasteiger partial charge in [0.1, 0.15) is 18.1 Å². The van der Waals surface area contributed by atoms with Gasteiger partial charge >= 0.3 is 5.97 Å². The van der Waals surface area contributed by atoms with Gasteiger partial charge in [-0.3, -0.25) is 4.79 Å². The number of rotatable bonds is 9. The van der Waals surface area contributed by atoms with E-state index in [2.05, 4.69) is 21.2 Å². The highest BCUT2D eigenvalue weighted by Gasteiger charge is 2.14. The Morgan fingerprint density at radius 3 is 2.41 bits per heavy atom. The molecule has 2 aromatic carbocycles. The van der Waals surface area contributed by atoms with Crippen LogP contribution in [-0.4, -0.2) is 38.2 Å². The van der Waals surface area contributed by atoms with E-state index in [9.17, 15) is 9.59 Å². The minimum atomic E-state index is -0.665. The van der Waals surface area contributed by atoms with Gasteiger partial charge in [0.15, 0.2) is 6.61 Å². The molecule has 0 saturated carbocycles. The van der Waals surface area contributed by atoms with Crippen LogP contribution in [-0.2, 0) is 9.53 Å². The normalized spacial score (nSPS) is 10.2. The summed E-state index contributed by atoms with van der Waals surface area (Å²) < 4.78 is 16.5. The number of halogens is 2. The van der Waals surface area contributed by atoms with Crippen LogP contribution in [0.1, 0.15) is 17.3 Å². The second-order valence-corrected chi connectivity index (χ2v) is 6.63. The fourth-order valence-electron chi connectivity index (χ4n) is 2.07. The van der Waals surface area contributed by atoms with Gasteiger partial charge in [-0.05, 0) is 49.4 Å². The average molecular weight is 457 g/mol. The molecule has 0 aromatic heterocycles. The summed E-state index contributed by atoms with van der Waals surface area (Å²) in [5.74, 6) is 0.348. The molecule has 0 aliphatic rings. The molecule has 0 bridgehead atoms. The summed E-state index contributed by atoms with van der Waals surface area (Å²) >= 11 is 9.20. The summed E-state index contributed by atoms with van der Waals surface area (Å²) in [6.45, 7) is 2.68. The quantitative estimate of drug-likeness (QED) is 0.458. The van der Waals surface area contributed by atoms with Crippen molar-refractivity contribution in [2.24, 2.45) is 0 Å². The lowest BCUT2D eigenvalue weighted by atomic mass is 10.2. The standard InChI is InChI=1S/C19H19BrClNO5/c1-2-25-14-4-6-15(7-5-14)26-10-9-22-18(23)12-27-19(24)16-11-13(20)3-8-17(16)21/h3-8,11H,2,9-10,12H2,1H3,(H,22,23). The molecule has 6 nitrogen and oxygen atoms in total. The zero-order valence-electron chi connectivity index (χ0n) is 14.7. The summed E-state index contributed by atoms with van der Waals surface area (Å²) in [5.41, 5.74) is 0.192. The summed E-state index contributed by atoms with van der Waals surface area (Å²) in [5, 5.41) is 2.87. The van der Waals surface area contributed by atoms with Crippen LogP contribution < -0.4 is 14.8 Å². The first-order chi connectivity index (χ1) is 13.0. The first kappa shape index (κ1) is 21.1. The van der Waals surface area contributed by atoms with E-state index < -0.39 is 18.5 Å². The SMILES string of the molecule is CCOc1ccc(OCCNC(=O)COC(=O)c2cc(Br)ccc2Cl)cc1. The Hall–Kier alpha value is -2.25. The highest BCUT2D eigenvalue weighted by molar-refractivity contribution is 9.10. The zero-order chi connectivity index (χ0) is 19.6. The van der Waals surface area contributed by atoms with Crippen LogP contribution in [0.4, 0.5) is 0 Å². The maximum absolute atomic E-state index is 12.0. The van der Waals surface area contributed by atoms with Gasteiger partial charge in [0.2, 0.25) is 0 Å². The number of amides is 1. The highest BCUT2D eigenvalue weighted by Crippen LogP contribution is 2.21. The van der Waals surface area contributed by atoms with Gasteiger partial charge in [-0.25, -0.2) is 4.79 Å². The van der Waals surface area contributed by atoms with E-state index in [1.807, 2.05) is 19.1 Å². The van der Waals surface area contributed by atoms with Crippen molar-refractivity contribution >= 4 is 39.4 Å². The Morgan fingerprint density at radius 1 is 1.07 bits per heavy atom. The molecule has 2 rings (SSSR count). The van der Waals surface area contributed by atoms with Crippen molar-refractivity contribution in [2.45, 2.75) is 6.92 Å². The molecule has 144 valence electrons. The number of ether oxygens (including phenoxy) is 3. The minimum absolute atomic E-state index is 0.192. The molecule has 0 unspecified atom stereocenters. The van der Waals surface area contributed by atoms with Crippen molar-refractivity contribution in [2.75, 3.05) is 26.4 Å². The molecule has 0 aliphatic heterocycles. The monoisotopic (exact) mass is 455 g/mol. The Labute approximate surface area is 170 Å². The van der Waals surface area contributed by atoms with Crippen molar-refractivity contribution in [1.82, 2.24) is 5.32 Å². The zero-order valence-corrected chi connectivity index (χ0v) is 17.0. The van der Waals surface area contributed by atoms with E-state index in [1.54, 1.807) is 24.3 Å². The Morgan fingerprint density at radius 2 is 1.74 bits per heavy atom. The highest BCUT2D eigenvalue weighted by atomic mass is 79.9. The van der Waals surface area contributed by atoms with Crippen LogP contribution in [0.2, 0.25) is 5.02 Å². The molecule has 1 amide bonds. The largest absolute Gasteiger partial charge is 0.494 e. The van der Waals surface area contributed by atoms with Gasteiger partial charge in [0.25, 0.3) is 5.91 Å². The molecule has 0 atom stereocenters. The maximum atomic E-state index is 12.0. The van der Waals surface area contributed by atoms with Crippen molar-refractivity contribution in [3.8, 4) is 11.5 Å². The van der Waals surface area contributed by atoms with Gasteiger partial charge in [-0.1, -0.05) is 27.5 Å². The average Bonchev–Trinajstić information content (AvgIpc) is 2.66. The fraction of sp³-hybridized carbons (Fsp3) is 0.263. The van der Waals surface area contributed by atoms with Crippen molar-refractivity contribution in [3.63, 3.8) is 0 Å². The predicted molar refractivity (Wildman–Crippen MR) is 106 cm³/mol. The summed E-state index contributed by atoms with van der Waals surface area (Å²) in [4.78, 5) is 23.7. The molecule has 0 spiro atoms. The second-order valence-electron chi connectivity index (χ2n) is 5.30. The maximum Gasteiger partial charge on any atom is 0.340 e. The first-order valence-corrected chi connectivity index (χ1v) is 9.41. The number of hydrogen-bond acceptors (Lipinski definition) is 5. The molecule has 0 heterocycles. The van der Waals surface area contributed by atoms with Gasteiger partial charge in [-0.2, -0.15) is 0 Å². The lowest BCUT2D eigenvalue weighted by molar-refractivity contribution is -0.124. The molecule has 1 N–H and O–H groups in total. The molecule has 0 aliphatic carbocycles. The van der Waals surface area contributed by atoms with Gasteiger partial charge < -0.3 is 19.5 Å². The summed E-state index contributed by atoms with van der Waals surface area (Å²) in [6, 6.07) is 12.0. The van der Waals surface area contributed by atoms with Crippen LogP contribution >= 0.6 is 27.5 Å². The molecule has 2 aromatic rings. The van der Waals surface area contributed by atoms with E-state index in [0.29, 0.717) is 16.8 Å². The minimum Gasteiger partial charge on any atom is -0.494 e. The first-order valence-electron chi connectivity index (χ1n) is 8.24. The molecule has 0 radical (unpaired) electrons. The molecule has 0 saturated heterocycles. The molecule has 27 heavy (non-hydrogen) atoms. The Bertz CT molecular complexity index is 782. The van der Waals surface area contributed by atoms with Crippen LogP contribution in [0, 0.1) is 0 Å². The topological polar surface area (TPSA) is 73.9 Å². The second kappa shape index (κ2) is 10.8. The predicted octanol–water partition coefficient (Wildman–Crippen LogP) is 3.85. The van der Waals surface area contributed by atoms with Crippen LogP contribution in [0.25, 0.3) is 0 Å². The smallest absolute Gasteiger partial charge is 0.340 e. The van der Waals surface area contributed by atoms with Crippen molar-refractivity contribution in [1.29, 1.82) is 0 Å². The third-order valence-corrected chi connectivity index (χ3v) is 4.13. The number of benzene rings is 2. The summed E-state index contributed by atoms with van der Waals surface area (Å²) in [7, 11) is 0. The third-order valence-electron chi connectivity index (χ3n) is 3.31. The number of hydrogen-bond donors (Lipinski definition) is 1. The number of nitrogens with one attached hydrogen (secondary N) is 1. The van der Waals surface area contributed by atoms with E-state index in [4.69, 9.17) is 25.8 Å². The Kier molecular flexibility index (Phi) is 8.42. The van der Waals surface area contributed by atoms with E-state index >= 15 is 0 Å². The molecular formula is C19H19BrClNO5. The number of esters is 1. The summed E-state index contributed by atoms with van der Waals surface area (Å²) in [6.07, 6.45) is 0. The lowest BCUT2D eigenvalue weighted by Crippen LogP contribution is -2.32. The van der Waals surface area contributed by atoms with E-state index in [1.165, 1.54) is 6.07 Å². The molecular weight excluding hydrogens is 438 g/mol. The fourth-order valence-corrected chi connectivity index (χ4v) is 2.63. The van der Waals surface area contributed by atoms with Crippen molar-refractivity contribution in [3.05, 3.63) is 57.5 Å². The van der Waals surface area contributed by atoms with E-state index in [-0.39, 0.29) is 23.7 Å². The number of carbonyl (C=O) groups excluding carboxylic acids is 2. The van der Waals surface area contributed by atoms with Gasteiger partial charge in [0.05, 0.1) is 23.7 Å². The lowest BCUT2D eigenvalue weighted by Gasteiger charge is -2.09. The molecule has 0 fully saturated rings. The Balaban J connectivity index is 1.67. The van der Waals surface area contributed by atoms with Gasteiger partial charge in [-0.15, -0.1) is 0 Å².